The van der Waals surface area contributed by atoms with Crippen molar-refractivity contribution < 1.29 is 0 Å². The first-order chi connectivity index (χ1) is 32.5. The van der Waals surface area contributed by atoms with Gasteiger partial charge in [0.05, 0.1) is 6.04 Å². The Bertz CT molecular complexity index is 2850. The first kappa shape index (κ1) is 49.3. The van der Waals surface area contributed by atoms with Crippen LogP contribution in [-0.4, -0.2) is 12.8 Å². The van der Waals surface area contributed by atoms with Crippen molar-refractivity contribution in [2.24, 2.45) is 5.41 Å². The highest BCUT2D eigenvalue weighted by molar-refractivity contribution is 7.00. The van der Waals surface area contributed by atoms with Crippen LogP contribution in [0, 0.1) is 5.41 Å². The predicted molar refractivity (Wildman–Crippen MR) is 308 cm³/mol. The number of anilines is 8. The zero-order valence-electron chi connectivity index (χ0n) is 46.0. The van der Waals surface area contributed by atoms with Gasteiger partial charge in [-0.2, -0.15) is 0 Å². The van der Waals surface area contributed by atoms with Crippen molar-refractivity contribution >= 4 is 68.6 Å². The van der Waals surface area contributed by atoms with Crippen LogP contribution >= 0.6 is 0 Å². The fraction of sp³-hybridized carbons (Fsp3) is 0.394. The highest BCUT2D eigenvalue weighted by Crippen LogP contribution is 2.49. The molecular formula is C66H80BN3. The molecule has 0 saturated carbocycles. The lowest BCUT2D eigenvalue weighted by molar-refractivity contribution is 0.510. The predicted octanol–water partition coefficient (Wildman–Crippen LogP) is 16.7. The third-order valence-electron chi connectivity index (χ3n) is 15.3. The summed E-state index contributed by atoms with van der Waals surface area (Å²) in [4.78, 5) is 7.83. The maximum absolute atomic E-state index is 2.63. The smallest absolute Gasteiger partial charge is 0.252 e. The number of allylic oxidation sites excluding steroid dienone is 2. The summed E-state index contributed by atoms with van der Waals surface area (Å²) in [5, 5.41) is 0. The molecule has 0 N–H and O–H groups in total. The molecule has 2 aliphatic heterocycles. The topological polar surface area (TPSA) is 9.72 Å². The number of fused-ring (bicyclic) bond motifs is 4. The van der Waals surface area contributed by atoms with Gasteiger partial charge in [-0.05, 0) is 149 Å². The van der Waals surface area contributed by atoms with Crippen LogP contribution < -0.4 is 31.1 Å². The first-order valence-corrected chi connectivity index (χ1v) is 26.1. The average molecular weight is 926 g/mol. The second-order valence-electron chi connectivity index (χ2n) is 26.9. The number of nitrogens with zero attached hydrogens (tertiary/aromatic N) is 3. The van der Waals surface area contributed by atoms with Crippen LogP contribution in [0.25, 0.3) is 0 Å². The van der Waals surface area contributed by atoms with Crippen molar-refractivity contribution in [1.82, 2.24) is 0 Å². The van der Waals surface area contributed by atoms with Crippen molar-refractivity contribution in [3.63, 3.8) is 0 Å². The van der Waals surface area contributed by atoms with E-state index in [2.05, 4.69) is 279 Å². The van der Waals surface area contributed by atoms with Crippen molar-refractivity contribution in [1.29, 1.82) is 0 Å². The minimum absolute atomic E-state index is 0.00443. The third kappa shape index (κ3) is 9.10. The molecule has 362 valence electrons. The van der Waals surface area contributed by atoms with Gasteiger partial charge in [-0.3, -0.25) is 0 Å². The molecule has 4 heteroatoms. The van der Waals surface area contributed by atoms with Crippen LogP contribution in [0.4, 0.5) is 45.5 Å². The molecule has 70 heavy (non-hydrogen) atoms. The van der Waals surface area contributed by atoms with E-state index < -0.39 is 0 Å². The lowest BCUT2D eigenvalue weighted by Gasteiger charge is -2.46. The minimum atomic E-state index is -0.0371. The Labute approximate surface area is 423 Å². The molecule has 0 bridgehead atoms. The normalized spacial score (nSPS) is 16.2. The Balaban J connectivity index is 1.40. The fourth-order valence-electron chi connectivity index (χ4n) is 10.9. The third-order valence-corrected chi connectivity index (χ3v) is 15.3. The number of hydrogen-bond donors (Lipinski definition) is 0. The Morgan fingerprint density at radius 1 is 0.400 bits per heavy atom. The van der Waals surface area contributed by atoms with Crippen LogP contribution in [-0.2, 0) is 27.1 Å². The Kier molecular flexibility index (Phi) is 11.9. The summed E-state index contributed by atoms with van der Waals surface area (Å²) in [5.74, 6) is 0. The van der Waals surface area contributed by atoms with Crippen LogP contribution in [0.3, 0.4) is 0 Å². The van der Waals surface area contributed by atoms with Gasteiger partial charge in [0.2, 0.25) is 0 Å². The summed E-state index contributed by atoms with van der Waals surface area (Å²) in [6.45, 7) is 41.9. The number of benzene rings is 6. The molecule has 0 fully saturated rings. The summed E-state index contributed by atoms with van der Waals surface area (Å²) in [6.07, 6.45) is 8.25. The van der Waals surface area contributed by atoms with Gasteiger partial charge in [0, 0.05) is 45.5 Å². The molecule has 0 amide bonds. The molecule has 6 aromatic rings. The van der Waals surface area contributed by atoms with Gasteiger partial charge < -0.3 is 14.7 Å². The SMILES string of the molecule is CC(C)(C)C1=CCC(N(c2ccc(C(C)(C)C)cc2)c2cc3c4c(c2)N(c2ccc(C(C)(C)C)cc2)c2ccc(C(C)(C)C)cc2B4c2cc(C(C)(C)C)ccc2N3c2ccc(C(C)(C)C)cc2)C=C1. The molecule has 6 aromatic carbocycles. The monoisotopic (exact) mass is 926 g/mol. The van der Waals surface area contributed by atoms with E-state index in [-0.39, 0.29) is 45.2 Å². The molecule has 0 spiro atoms. The van der Waals surface area contributed by atoms with Gasteiger partial charge in [-0.15, -0.1) is 0 Å². The van der Waals surface area contributed by atoms with Gasteiger partial charge in [0.25, 0.3) is 6.71 Å². The van der Waals surface area contributed by atoms with E-state index >= 15 is 0 Å². The van der Waals surface area contributed by atoms with Gasteiger partial charge in [-0.25, -0.2) is 0 Å². The molecule has 0 radical (unpaired) electrons. The molecule has 0 saturated heterocycles. The van der Waals surface area contributed by atoms with Gasteiger partial charge in [-0.1, -0.05) is 204 Å². The zero-order chi connectivity index (χ0) is 50.7. The summed E-state index contributed by atoms with van der Waals surface area (Å²) in [6, 6.07) is 48.2. The van der Waals surface area contributed by atoms with Crippen molar-refractivity contribution in [3.8, 4) is 0 Å². The molecule has 9 rings (SSSR count). The lowest BCUT2D eigenvalue weighted by Crippen LogP contribution is -2.61. The Morgan fingerprint density at radius 3 is 1.11 bits per heavy atom. The van der Waals surface area contributed by atoms with E-state index in [1.54, 1.807) is 0 Å². The van der Waals surface area contributed by atoms with E-state index in [1.165, 1.54) is 95.3 Å². The van der Waals surface area contributed by atoms with Crippen molar-refractivity contribution in [2.45, 2.75) is 164 Å². The molecule has 1 unspecified atom stereocenters. The van der Waals surface area contributed by atoms with Gasteiger partial charge in [0.15, 0.2) is 0 Å². The van der Waals surface area contributed by atoms with Crippen LogP contribution in [0.1, 0.15) is 159 Å². The van der Waals surface area contributed by atoms with Crippen molar-refractivity contribution in [3.05, 3.63) is 173 Å². The molecular weight excluding hydrogens is 846 g/mol. The summed E-state index contributed by atoms with van der Waals surface area (Å²) >= 11 is 0. The second-order valence-corrected chi connectivity index (χ2v) is 26.9. The standard InChI is InChI=1S/C66H80BN3/c1-61(2,3)43-19-29-49(30-20-43)68(50-31-21-44(22-32-50)62(4,5)6)53-41-58-60-59(42-53)70(52-35-25-46(26-36-52)64(10,11)12)57-38-28-48(66(16,17)18)40-55(57)67(60)54-39-47(65(13,14)15)27-37-56(54)69(58)51-33-23-45(24-34-51)63(7,8)9/h19-31,33-42,50H,32H2,1-18H3. The molecule has 1 aliphatic carbocycles. The van der Waals surface area contributed by atoms with Gasteiger partial charge >= 0.3 is 0 Å². The lowest BCUT2D eigenvalue weighted by atomic mass is 9.33. The molecule has 3 nitrogen and oxygen atoms in total. The Morgan fingerprint density at radius 2 is 0.771 bits per heavy atom. The van der Waals surface area contributed by atoms with E-state index in [0.717, 1.165) is 6.42 Å². The maximum Gasteiger partial charge on any atom is 0.252 e. The summed E-state index contributed by atoms with van der Waals surface area (Å²) in [5.41, 5.74) is 21.9. The second kappa shape index (κ2) is 17.0. The van der Waals surface area contributed by atoms with E-state index in [0.29, 0.717) is 0 Å². The first-order valence-electron chi connectivity index (χ1n) is 26.1. The highest BCUT2D eigenvalue weighted by atomic mass is 15.2. The number of rotatable bonds is 5. The van der Waals surface area contributed by atoms with Crippen LogP contribution in [0.5, 0.6) is 0 Å². The average Bonchev–Trinajstić information content (AvgIpc) is 3.27. The van der Waals surface area contributed by atoms with E-state index in [4.69, 9.17) is 0 Å². The number of hydrogen-bond acceptors (Lipinski definition) is 3. The largest absolute Gasteiger partial charge is 0.334 e. The molecule has 1 atom stereocenters. The van der Waals surface area contributed by atoms with Gasteiger partial charge in [0.1, 0.15) is 0 Å². The van der Waals surface area contributed by atoms with E-state index in [1.807, 2.05) is 0 Å². The summed E-state index contributed by atoms with van der Waals surface area (Å²) < 4.78 is 0. The minimum Gasteiger partial charge on any atom is -0.334 e. The van der Waals surface area contributed by atoms with Crippen LogP contribution in [0.15, 0.2) is 145 Å². The van der Waals surface area contributed by atoms with Crippen molar-refractivity contribution in [2.75, 3.05) is 14.7 Å². The Hall–Kier alpha value is -5.74. The maximum atomic E-state index is 2.63. The molecule has 2 heterocycles. The molecule has 0 aromatic heterocycles. The zero-order valence-corrected chi connectivity index (χ0v) is 46.0. The quantitative estimate of drug-likeness (QED) is 0.159. The van der Waals surface area contributed by atoms with Crippen LogP contribution in [0.2, 0.25) is 0 Å². The molecule has 3 aliphatic rings. The fourth-order valence-corrected chi connectivity index (χ4v) is 10.9. The highest BCUT2D eigenvalue weighted by Gasteiger charge is 2.45. The van der Waals surface area contributed by atoms with E-state index in [9.17, 15) is 0 Å². The summed E-state index contributed by atoms with van der Waals surface area (Å²) in [7, 11) is 0.